The molecule has 20 heavy (non-hydrogen) atoms. The predicted molar refractivity (Wildman–Crippen MR) is 49.6 cm³/mol. The fraction of sp³-hybridized carbons (Fsp3) is 0.625. The molecule has 1 atom stereocenters. The first kappa shape index (κ1) is 17.0. The molecular formula is C8H5F9N2S. The van der Waals surface area contributed by atoms with Gasteiger partial charge in [-0.25, -0.2) is 4.98 Å². The molecule has 0 aromatic carbocycles. The van der Waals surface area contributed by atoms with Crippen LogP contribution in [-0.2, 0) is 6.18 Å². The smallest absolute Gasteiger partial charge is 0.322 e. The van der Waals surface area contributed by atoms with Crippen LogP contribution in [-0.4, -0.2) is 17.3 Å². The van der Waals surface area contributed by atoms with Gasteiger partial charge >= 0.3 is 18.5 Å². The van der Waals surface area contributed by atoms with Gasteiger partial charge in [-0.1, -0.05) is 0 Å². The average molecular weight is 332 g/mol. The van der Waals surface area contributed by atoms with E-state index in [1.54, 1.807) is 0 Å². The van der Waals surface area contributed by atoms with Gasteiger partial charge in [0.05, 0.1) is 6.04 Å². The van der Waals surface area contributed by atoms with E-state index in [0.717, 1.165) is 0 Å². The summed E-state index contributed by atoms with van der Waals surface area (Å²) in [6.45, 7) is 0. The molecular weight excluding hydrogens is 327 g/mol. The second kappa shape index (κ2) is 5.06. The van der Waals surface area contributed by atoms with Crippen LogP contribution in [0.15, 0.2) is 6.20 Å². The molecule has 0 aliphatic heterocycles. The van der Waals surface area contributed by atoms with E-state index < -0.39 is 40.4 Å². The van der Waals surface area contributed by atoms with Crippen molar-refractivity contribution in [2.75, 3.05) is 0 Å². The molecule has 0 spiro atoms. The molecule has 0 bridgehead atoms. The van der Waals surface area contributed by atoms with Crippen LogP contribution < -0.4 is 5.73 Å². The number of thiazole rings is 1. The predicted octanol–water partition coefficient (Wildman–Crippen LogP) is 3.90. The SMILES string of the molecule is NC(c1cnc(C(F)(F)F)s1)C(C(F)(F)F)C(F)(F)F. The third kappa shape index (κ3) is 3.75. The Morgan fingerprint density at radius 2 is 1.40 bits per heavy atom. The van der Waals surface area contributed by atoms with Crippen molar-refractivity contribution in [2.45, 2.75) is 24.6 Å². The van der Waals surface area contributed by atoms with E-state index >= 15 is 0 Å². The monoisotopic (exact) mass is 332 g/mol. The maximum absolute atomic E-state index is 12.4. The van der Waals surface area contributed by atoms with Crippen molar-refractivity contribution in [1.29, 1.82) is 0 Å². The van der Waals surface area contributed by atoms with Crippen LogP contribution in [0.2, 0.25) is 0 Å². The molecule has 0 aliphatic rings. The Labute approximate surface area is 109 Å². The van der Waals surface area contributed by atoms with Crippen molar-refractivity contribution < 1.29 is 39.5 Å². The first-order valence-electron chi connectivity index (χ1n) is 4.66. The lowest BCUT2D eigenvalue weighted by molar-refractivity contribution is -0.290. The van der Waals surface area contributed by atoms with Crippen LogP contribution in [0.1, 0.15) is 15.9 Å². The molecule has 2 nitrogen and oxygen atoms in total. The molecule has 0 saturated heterocycles. The molecule has 116 valence electrons. The number of halogens is 9. The lowest BCUT2D eigenvalue weighted by Crippen LogP contribution is -2.43. The second-order valence-corrected chi connectivity index (χ2v) is 4.71. The van der Waals surface area contributed by atoms with Gasteiger partial charge in [-0.3, -0.25) is 0 Å². The zero-order chi connectivity index (χ0) is 15.9. The van der Waals surface area contributed by atoms with Gasteiger partial charge in [0.15, 0.2) is 10.9 Å². The summed E-state index contributed by atoms with van der Waals surface area (Å²) in [5, 5.41) is -1.56. The van der Waals surface area contributed by atoms with Crippen LogP contribution in [0.4, 0.5) is 39.5 Å². The molecule has 12 heteroatoms. The average Bonchev–Trinajstić information content (AvgIpc) is 2.59. The van der Waals surface area contributed by atoms with Crippen LogP contribution in [0, 0.1) is 5.92 Å². The Bertz CT molecular complexity index is 444. The number of hydrogen-bond donors (Lipinski definition) is 1. The summed E-state index contributed by atoms with van der Waals surface area (Å²) in [6.07, 6.45) is -16.2. The zero-order valence-corrected chi connectivity index (χ0v) is 9.88. The molecule has 1 heterocycles. The first-order chi connectivity index (χ1) is 8.74. The highest BCUT2D eigenvalue weighted by Crippen LogP contribution is 2.47. The minimum absolute atomic E-state index is 0.267. The van der Waals surface area contributed by atoms with Gasteiger partial charge in [0.1, 0.15) is 0 Å². The van der Waals surface area contributed by atoms with Gasteiger partial charge < -0.3 is 5.73 Å². The molecule has 2 N–H and O–H groups in total. The van der Waals surface area contributed by atoms with E-state index in [0.29, 0.717) is 0 Å². The van der Waals surface area contributed by atoms with Gasteiger partial charge in [0.25, 0.3) is 0 Å². The second-order valence-electron chi connectivity index (χ2n) is 3.65. The third-order valence-electron chi connectivity index (χ3n) is 2.16. The van der Waals surface area contributed by atoms with Crippen molar-refractivity contribution in [1.82, 2.24) is 4.98 Å². The largest absolute Gasteiger partial charge is 0.443 e. The van der Waals surface area contributed by atoms with Crippen molar-refractivity contribution in [2.24, 2.45) is 11.7 Å². The Balaban J connectivity index is 3.14. The minimum Gasteiger partial charge on any atom is -0.322 e. The molecule has 0 aliphatic carbocycles. The summed E-state index contributed by atoms with van der Waals surface area (Å²) in [5.41, 5.74) is 4.83. The van der Waals surface area contributed by atoms with Crippen molar-refractivity contribution in [3.05, 3.63) is 16.1 Å². The Kier molecular flexibility index (Phi) is 4.30. The van der Waals surface area contributed by atoms with Gasteiger partial charge in [-0.05, 0) is 0 Å². The number of nitrogens with zero attached hydrogens (tertiary/aromatic N) is 1. The van der Waals surface area contributed by atoms with E-state index in [1.165, 1.54) is 0 Å². The molecule has 1 aromatic rings. The Morgan fingerprint density at radius 3 is 1.70 bits per heavy atom. The van der Waals surface area contributed by atoms with Crippen LogP contribution >= 0.6 is 11.3 Å². The summed E-state index contributed by atoms with van der Waals surface area (Å²) in [7, 11) is 0. The fourth-order valence-electron chi connectivity index (χ4n) is 1.33. The topological polar surface area (TPSA) is 38.9 Å². The van der Waals surface area contributed by atoms with Crippen LogP contribution in [0.25, 0.3) is 0 Å². The number of nitrogens with two attached hydrogens (primary N) is 1. The van der Waals surface area contributed by atoms with Crippen molar-refractivity contribution in [3.63, 3.8) is 0 Å². The molecule has 0 fully saturated rings. The molecule has 1 aromatic heterocycles. The lowest BCUT2D eigenvalue weighted by Gasteiger charge is -2.27. The number of rotatable bonds is 2. The van der Waals surface area contributed by atoms with Gasteiger partial charge in [-0.15, -0.1) is 11.3 Å². The highest BCUT2D eigenvalue weighted by atomic mass is 32.1. The summed E-state index contributed by atoms with van der Waals surface area (Å²) in [4.78, 5) is 1.79. The maximum Gasteiger partial charge on any atom is 0.443 e. The van der Waals surface area contributed by atoms with E-state index in [9.17, 15) is 39.5 Å². The molecule has 1 unspecified atom stereocenters. The van der Waals surface area contributed by atoms with E-state index in [-0.39, 0.29) is 17.5 Å². The molecule has 1 rings (SSSR count). The minimum atomic E-state index is -5.74. The summed E-state index contributed by atoms with van der Waals surface area (Å²) < 4.78 is 111. The number of hydrogen-bond acceptors (Lipinski definition) is 3. The highest BCUT2D eigenvalue weighted by molar-refractivity contribution is 7.11. The highest BCUT2D eigenvalue weighted by Gasteiger charge is 2.60. The number of aromatic nitrogens is 1. The summed E-state index contributed by atoms with van der Waals surface area (Å²) in [6, 6.07) is -2.70. The molecule has 0 amide bonds. The summed E-state index contributed by atoms with van der Waals surface area (Å²) >= 11 is -0.353. The van der Waals surface area contributed by atoms with Gasteiger partial charge in [0, 0.05) is 11.1 Å². The van der Waals surface area contributed by atoms with Crippen molar-refractivity contribution >= 4 is 11.3 Å². The molecule has 0 radical (unpaired) electrons. The normalized spacial score (nSPS) is 15.8. The van der Waals surface area contributed by atoms with E-state index in [4.69, 9.17) is 5.73 Å². The Hall–Kier alpha value is -1.04. The van der Waals surface area contributed by atoms with Crippen LogP contribution in [0.3, 0.4) is 0 Å². The molecule has 0 saturated carbocycles. The van der Waals surface area contributed by atoms with E-state index in [2.05, 4.69) is 4.98 Å². The quantitative estimate of drug-likeness (QED) is 0.834. The van der Waals surface area contributed by atoms with Crippen molar-refractivity contribution in [3.8, 4) is 0 Å². The van der Waals surface area contributed by atoms with Crippen LogP contribution in [0.5, 0.6) is 0 Å². The maximum atomic E-state index is 12.4. The number of alkyl halides is 9. The fourth-order valence-corrected chi connectivity index (χ4v) is 2.15. The van der Waals surface area contributed by atoms with Gasteiger partial charge in [0.2, 0.25) is 0 Å². The van der Waals surface area contributed by atoms with E-state index in [1.807, 2.05) is 0 Å². The Morgan fingerprint density at radius 1 is 0.950 bits per heavy atom. The first-order valence-corrected chi connectivity index (χ1v) is 5.48. The zero-order valence-electron chi connectivity index (χ0n) is 9.07. The standard InChI is InChI=1S/C8H5F9N2S/c9-6(10,11)4(7(12,13)14)3(18)2-1-19-5(20-2)8(15,16)17/h1,3-4H,18H2. The lowest BCUT2D eigenvalue weighted by atomic mass is 9.98. The third-order valence-corrected chi connectivity index (χ3v) is 3.30. The summed E-state index contributed by atoms with van der Waals surface area (Å²) in [5.74, 6) is -3.96. The van der Waals surface area contributed by atoms with Gasteiger partial charge in [-0.2, -0.15) is 39.5 Å².